The van der Waals surface area contributed by atoms with Crippen LogP contribution in [-0.4, -0.2) is 18.3 Å². The zero-order valence-corrected chi connectivity index (χ0v) is 8.42. The molecule has 0 rings (SSSR count). The molecule has 4 N–H and O–H groups in total. The predicted octanol–water partition coefficient (Wildman–Crippen LogP) is 0.655. The van der Waals surface area contributed by atoms with E-state index in [-0.39, 0.29) is 11.7 Å². The standard InChI is InChI=1S/C9H19N3O/c1-7(6-8(2)13)4-3-5-12-9(10)11/h7H,3-6H2,1-2H3,(H4,10,11,12). The minimum absolute atomic E-state index is 0.138. The SMILES string of the molecule is CC(=O)CC(C)CCCN=C(N)N. The molecule has 1 unspecified atom stereocenters. The molecule has 0 spiro atoms. The summed E-state index contributed by atoms with van der Waals surface area (Å²) in [7, 11) is 0. The van der Waals surface area contributed by atoms with Gasteiger partial charge < -0.3 is 16.3 Å². The first-order valence-electron chi connectivity index (χ1n) is 4.57. The summed E-state index contributed by atoms with van der Waals surface area (Å²) in [5.41, 5.74) is 10.3. The monoisotopic (exact) mass is 185 g/mol. The summed E-state index contributed by atoms with van der Waals surface area (Å²) in [6.45, 7) is 4.34. The van der Waals surface area contributed by atoms with E-state index < -0.39 is 0 Å². The third-order valence-corrected chi connectivity index (χ3v) is 1.79. The summed E-state index contributed by atoms with van der Waals surface area (Å²) in [6, 6.07) is 0. The number of Topliss-reactive ketones (excluding diaryl/α,β-unsaturated/α-hetero) is 1. The van der Waals surface area contributed by atoms with E-state index >= 15 is 0 Å². The minimum atomic E-state index is 0.138. The average Bonchev–Trinajstić information content (AvgIpc) is 1.96. The van der Waals surface area contributed by atoms with Crippen LogP contribution >= 0.6 is 0 Å². The van der Waals surface area contributed by atoms with E-state index in [0.717, 1.165) is 12.8 Å². The zero-order valence-electron chi connectivity index (χ0n) is 8.42. The van der Waals surface area contributed by atoms with Gasteiger partial charge in [0.05, 0.1) is 0 Å². The smallest absolute Gasteiger partial charge is 0.185 e. The van der Waals surface area contributed by atoms with Crippen LogP contribution in [0.4, 0.5) is 0 Å². The van der Waals surface area contributed by atoms with Crippen molar-refractivity contribution >= 4 is 11.7 Å². The first-order valence-corrected chi connectivity index (χ1v) is 4.57. The molecule has 0 heterocycles. The Bertz CT molecular complexity index is 185. The second kappa shape index (κ2) is 6.46. The van der Waals surface area contributed by atoms with Crippen LogP contribution in [0.25, 0.3) is 0 Å². The van der Waals surface area contributed by atoms with Gasteiger partial charge in [-0.2, -0.15) is 0 Å². The van der Waals surface area contributed by atoms with Crippen LogP contribution in [0.1, 0.15) is 33.1 Å². The van der Waals surface area contributed by atoms with Crippen molar-refractivity contribution in [3.63, 3.8) is 0 Å². The average molecular weight is 185 g/mol. The Labute approximate surface area is 79.4 Å². The van der Waals surface area contributed by atoms with Gasteiger partial charge >= 0.3 is 0 Å². The summed E-state index contributed by atoms with van der Waals surface area (Å²) in [6.07, 6.45) is 2.59. The molecular formula is C9H19N3O. The van der Waals surface area contributed by atoms with Gasteiger partial charge in [-0.25, -0.2) is 0 Å². The van der Waals surface area contributed by atoms with Crippen LogP contribution < -0.4 is 11.5 Å². The Hall–Kier alpha value is -1.06. The topological polar surface area (TPSA) is 81.5 Å². The third kappa shape index (κ3) is 8.85. The maximum absolute atomic E-state index is 10.7. The lowest BCUT2D eigenvalue weighted by Crippen LogP contribution is -2.23. The molecule has 0 saturated heterocycles. The third-order valence-electron chi connectivity index (χ3n) is 1.79. The van der Waals surface area contributed by atoms with Crippen LogP contribution in [0.2, 0.25) is 0 Å². The number of nitrogens with zero attached hydrogens (tertiary/aromatic N) is 1. The lowest BCUT2D eigenvalue weighted by atomic mass is 10.00. The molecule has 0 fully saturated rings. The van der Waals surface area contributed by atoms with Crippen molar-refractivity contribution in [2.24, 2.45) is 22.4 Å². The number of carbonyl (C=O) groups is 1. The maximum Gasteiger partial charge on any atom is 0.185 e. The molecular weight excluding hydrogens is 166 g/mol. The fourth-order valence-electron chi connectivity index (χ4n) is 1.24. The molecule has 4 heteroatoms. The van der Waals surface area contributed by atoms with Gasteiger partial charge in [0, 0.05) is 13.0 Å². The number of hydrogen-bond donors (Lipinski definition) is 2. The molecule has 0 amide bonds. The van der Waals surface area contributed by atoms with Gasteiger partial charge in [0.15, 0.2) is 5.96 Å². The van der Waals surface area contributed by atoms with Crippen molar-refractivity contribution in [3.8, 4) is 0 Å². The van der Waals surface area contributed by atoms with Crippen LogP contribution in [0, 0.1) is 5.92 Å². The van der Waals surface area contributed by atoms with Crippen LogP contribution in [0.5, 0.6) is 0 Å². The Balaban J connectivity index is 3.42. The quantitative estimate of drug-likeness (QED) is 0.362. The molecule has 0 aliphatic heterocycles. The number of hydrogen-bond acceptors (Lipinski definition) is 2. The fraction of sp³-hybridized carbons (Fsp3) is 0.778. The number of aliphatic imine (C=N–C) groups is 1. The van der Waals surface area contributed by atoms with E-state index in [1.165, 1.54) is 0 Å². The van der Waals surface area contributed by atoms with Crippen LogP contribution in [-0.2, 0) is 4.79 Å². The molecule has 1 atom stereocenters. The van der Waals surface area contributed by atoms with E-state index in [1.54, 1.807) is 6.92 Å². The summed E-state index contributed by atoms with van der Waals surface area (Å²) in [5, 5.41) is 0. The van der Waals surface area contributed by atoms with Crippen LogP contribution in [0.15, 0.2) is 4.99 Å². The molecule has 0 aromatic heterocycles. The highest BCUT2D eigenvalue weighted by Gasteiger charge is 2.04. The van der Waals surface area contributed by atoms with Gasteiger partial charge in [-0.3, -0.25) is 4.99 Å². The Kier molecular flexibility index (Phi) is 5.93. The lowest BCUT2D eigenvalue weighted by Gasteiger charge is -2.06. The van der Waals surface area contributed by atoms with Gasteiger partial charge in [-0.15, -0.1) is 0 Å². The molecule has 76 valence electrons. The van der Waals surface area contributed by atoms with Crippen molar-refractivity contribution in [1.82, 2.24) is 0 Å². The second-order valence-corrected chi connectivity index (χ2v) is 3.46. The van der Waals surface area contributed by atoms with Gasteiger partial charge in [-0.05, 0) is 25.7 Å². The molecule has 0 bridgehead atoms. The van der Waals surface area contributed by atoms with Crippen molar-refractivity contribution in [2.75, 3.05) is 6.54 Å². The molecule has 0 aromatic carbocycles. The Morgan fingerprint density at radius 3 is 2.54 bits per heavy atom. The number of guanidine groups is 1. The first kappa shape index (κ1) is 11.9. The normalized spacial score (nSPS) is 12.2. The van der Waals surface area contributed by atoms with Gasteiger partial charge in [0.1, 0.15) is 5.78 Å². The van der Waals surface area contributed by atoms with E-state index in [1.807, 2.05) is 0 Å². The van der Waals surface area contributed by atoms with Crippen molar-refractivity contribution in [1.29, 1.82) is 0 Å². The molecule has 0 aliphatic rings. The summed E-state index contributed by atoms with van der Waals surface area (Å²) >= 11 is 0. The molecule has 4 nitrogen and oxygen atoms in total. The Morgan fingerprint density at radius 1 is 1.46 bits per heavy atom. The molecule has 0 aliphatic carbocycles. The van der Waals surface area contributed by atoms with Crippen LogP contribution in [0.3, 0.4) is 0 Å². The van der Waals surface area contributed by atoms with Gasteiger partial charge in [-0.1, -0.05) is 6.92 Å². The predicted molar refractivity (Wildman–Crippen MR) is 54.4 cm³/mol. The van der Waals surface area contributed by atoms with Crippen molar-refractivity contribution in [2.45, 2.75) is 33.1 Å². The molecule has 0 aromatic rings. The zero-order chi connectivity index (χ0) is 10.3. The summed E-state index contributed by atoms with van der Waals surface area (Å²) in [5.74, 6) is 0.820. The Morgan fingerprint density at radius 2 is 2.08 bits per heavy atom. The van der Waals surface area contributed by atoms with E-state index in [4.69, 9.17) is 11.5 Å². The highest BCUT2D eigenvalue weighted by atomic mass is 16.1. The lowest BCUT2D eigenvalue weighted by molar-refractivity contribution is -0.117. The fourth-order valence-corrected chi connectivity index (χ4v) is 1.24. The maximum atomic E-state index is 10.7. The minimum Gasteiger partial charge on any atom is -0.370 e. The number of nitrogens with two attached hydrogens (primary N) is 2. The highest BCUT2D eigenvalue weighted by molar-refractivity contribution is 5.76. The molecule has 13 heavy (non-hydrogen) atoms. The second-order valence-electron chi connectivity index (χ2n) is 3.46. The van der Waals surface area contributed by atoms with Gasteiger partial charge in [0.25, 0.3) is 0 Å². The highest BCUT2D eigenvalue weighted by Crippen LogP contribution is 2.10. The molecule has 0 saturated carbocycles. The first-order chi connectivity index (χ1) is 6.02. The number of ketones is 1. The number of carbonyl (C=O) groups excluding carboxylic acids is 1. The van der Waals surface area contributed by atoms with E-state index in [0.29, 0.717) is 18.9 Å². The van der Waals surface area contributed by atoms with Crippen molar-refractivity contribution in [3.05, 3.63) is 0 Å². The largest absolute Gasteiger partial charge is 0.370 e. The van der Waals surface area contributed by atoms with Gasteiger partial charge in [0.2, 0.25) is 0 Å². The summed E-state index contributed by atoms with van der Waals surface area (Å²) < 4.78 is 0. The van der Waals surface area contributed by atoms with E-state index in [9.17, 15) is 4.79 Å². The van der Waals surface area contributed by atoms with Crippen molar-refractivity contribution < 1.29 is 4.79 Å². The number of rotatable bonds is 6. The summed E-state index contributed by atoms with van der Waals surface area (Å²) in [4.78, 5) is 14.6. The molecule has 0 radical (unpaired) electrons. The van der Waals surface area contributed by atoms with E-state index in [2.05, 4.69) is 11.9 Å².